The molecule has 0 radical (unpaired) electrons. The minimum Gasteiger partial charge on any atom is -0.395 e. The highest BCUT2D eigenvalue weighted by Crippen LogP contribution is 2.12. The van der Waals surface area contributed by atoms with Crippen molar-refractivity contribution in [1.82, 2.24) is 5.32 Å². The van der Waals surface area contributed by atoms with Crippen LogP contribution in [0.4, 0.5) is 5.69 Å². The Labute approximate surface area is 97.9 Å². The van der Waals surface area contributed by atoms with Crippen molar-refractivity contribution in [2.75, 3.05) is 18.5 Å². The molecule has 0 saturated heterocycles. The largest absolute Gasteiger partial charge is 0.395 e. The van der Waals surface area contributed by atoms with Gasteiger partial charge in [-0.15, -0.1) is 0 Å². The first-order valence-corrected chi connectivity index (χ1v) is 4.88. The van der Waals surface area contributed by atoms with E-state index in [-0.39, 0.29) is 24.4 Å². The molecule has 0 unspecified atom stereocenters. The lowest BCUT2D eigenvalue weighted by atomic mass is 10.2. The molecule has 1 rings (SSSR count). The second kappa shape index (κ2) is 6.25. The molecule has 0 aliphatic carbocycles. The zero-order valence-corrected chi connectivity index (χ0v) is 8.93. The summed E-state index contributed by atoms with van der Waals surface area (Å²) < 4.78 is 0. The minimum absolute atomic E-state index is 0.00610. The number of para-hydroxylation sites is 1. The number of hydrogen-bond acceptors (Lipinski definition) is 4. The predicted molar refractivity (Wildman–Crippen MR) is 59.9 cm³/mol. The molecule has 0 aliphatic rings. The van der Waals surface area contributed by atoms with E-state index in [9.17, 15) is 9.59 Å². The first-order valence-electron chi connectivity index (χ1n) is 4.88. The van der Waals surface area contributed by atoms with Crippen molar-refractivity contribution in [3.63, 3.8) is 0 Å². The van der Waals surface area contributed by atoms with Crippen molar-refractivity contribution >= 4 is 17.5 Å². The summed E-state index contributed by atoms with van der Waals surface area (Å²) >= 11 is 0. The standard InChI is InChI=1S/C11H11N3O3/c12-7-8-3-1-2-4-9(8)14-11(17)10(16)13-5-6-15/h1-4,15H,5-6H2,(H,13,16)(H,14,17). The van der Waals surface area contributed by atoms with E-state index in [4.69, 9.17) is 10.4 Å². The molecule has 0 bridgehead atoms. The maximum Gasteiger partial charge on any atom is 0.313 e. The Kier molecular flexibility index (Phi) is 4.66. The molecule has 3 N–H and O–H groups in total. The van der Waals surface area contributed by atoms with Gasteiger partial charge in [-0.25, -0.2) is 0 Å². The minimum atomic E-state index is -0.874. The summed E-state index contributed by atoms with van der Waals surface area (Å²) in [7, 11) is 0. The molecule has 6 heteroatoms. The molecule has 0 aromatic heterocycles. The number of aliphatic hydroxyl groups excluding tert-OH is 1. The van der Waals surface area contributed by atoms with Crippen LogP contribution in [0, 0.1) is 11.3 Å². The molecule has 1 aromatic rings. The fourth-order valence-electron chi connectivity index (χ4n) is 1.12. The molecule has 6 nitrogen and oxygen atoms in total. The van der Waals surface area contributed by atoms with Crippen LogP contribution in [0.1, 0.15) is 5.56 Å². The second-order valence-corrected chi connectivity index (χ2v) is 3.09. The summed E-state index contributed by atoms with van der Waals surface area (Å²) in [5.41, 5.74) is 0.551. The maximum atomic E-state index is 11.4. The second-order valence-electron chi connectivity index (χ2n) is 3.09. The van der Waals surface area contributed by atoms with Crippen LogP contribution < -0.4 is 10.6 Å². The van der Waals surface area contributed by atoms with Gasteiger partial charge in [-0.05, 0) is 12.1 Å². The topological polar surface area (TPSA) is 102 Å². The van der Waals surface area contributed by atoms with Gasteiger partial charge in [0.1, 0.15) is 6.07 Å². The lowest BCUT2D eigenvalue weighted by Crippen LogP contribution is -2.36. The number of carbonyl (C=O) groups is 2. The number of benzene rings is 1. The number of nitrogens with one attached hydrogen (secondary N) is 2. The number of hydrogen-bond donors (Lipinski definition) is 3. The Hall–Kier alpha value is -2.39. The molecule has 2 amide bonds. The first-order chi connectivity index (χ1) is 8.19. The summed E-state index contributed by atoms with van der Waals surface area (Å²) in [6.07, 6.45) is 0. The van der Waals surface area contributed by atoms with Gasteiger partial charge in [-0.3, -0.25) is 9.59 Å². The third-order valence-electron chi connectivity index (χ3n) is 1.90. The quantitative estimate of drug-likeness (QED) is 0.618. The van der Waals surface area contributed by atoms with E-state index in [0.717, 1.165) is 0 Å². The number of amides is 2. The smallest absolute Gasteiger partial charge is 0.313 e. The molecule has 1 aromatic carbocycles. The van der Waals surface area contributed by atoms with Gasteiger partial charge < -0.3 is 15.7 Å². The van der Waals surface area contributed by atoms with Gasteiger partial charge in [0.25, 0.3) is 0 Å². The van der Waals surface area contributed by atoms with Gasteiger partial charge in [0.2, 0.25) is 0 Å². The molecule has 0 heterocycles. The molecular formula is C11H11N3O3. The fourth-order valence-corrected chi connectivity index (χ4v) is 1.12. The highest BCUT2D eigenvalue weighted by Gasteiger charge is 2.14. The first kappa shape index (κ1) is 12.7. The van der Waals surface area contributed by atoms with E-state index in [2.05, 4.69) is 10.6 Å². The average molecular weight is 233 g/mol. The zero-order chi connectivity index (χ0) is 12.7. The molecule has 88 valence electrons. The highest BCUT2D eigenvalue weighted by molar-refractivity contribution is 6.39. The Bertz CT molecular complexity index is 465. The van der Waals surface area contributed by atoms with Crippen molar-refractivity contribution in [3.8, 4) is 6.07 Å². The third-order valence-corrected chi connectivity index (χ3v) is 1.90. The lowest BCUT2D eigenvalue weighted by Gasteiger charge is -2.06. The fraction of sp³-hybridized carbons (Fsp3) is 0.182. The van der Waals surface area contributed by atoms with Crippen LogP contribution in [0.15, 0.2) is 24.3 Å². The van der Waals surface area contributed by atoms with Gasteiger partial charge in [0, 0.05) is 6.54 Å². The van der Waals surface area contributed by atoms with Crippen LogP contribution in [0.25, 0.3) is 0 Å². The summed E-state index contributed by atoms with van der Waals surface area (Å²) in [6.45, 7) is -0.236. The van der Waals surface area contributed by atoms with Crippen molar-refractivity contribution in [1.29, 1.82) is 5.26 Å². The molecule has 0 fully saturated rings. The predicted octanol–water partition coefficient (Wildman–Crippen LogP) is -0.395. The van der Waals surface area contributed by atoms with E-state index < -0.39 is 11.8 Å². The number of aliphatic hydroxyl groups is 1. The summed E-state index contributed by atoms with van der Waals surface area (Å²) in [5, 5.41) is 21.8. The number of nitrogens with zero attached hydrogens (tertiary/aromatic N) is 1. The van der Waals surface area contributed by atoms with E-state index in [1.807, 2.05) is 6.07 Å². The molecule has 17 heavy (non-hydrogen) atoms. The normalized spacial score (nSPS) is 9.18. The van der Waals surface area contributed by atoms with E-state index in [1.165, 1.54) is 12.1 Å². The van der Waals surface area contributed by atoms with Crippen molar-refractivity contribution in [2.45, 2.75) is 0 Å². The van der Waals surface area contributed by atoms with E-state index >= 15 is 0 Å². The Morgan fingerprint density at radius 2 is 2.00 bits per heavy atom. The Morgan fingerprint density at radius 1 is 1.29 bits per heavy atom. The van der Waals surface area contributed by atoms with Crippen LogP contribution in [0.5, 0.6) is 0 Å². The number of anilines is 1. The molecular weight excluding hydrogens is 222 g/mol. The average Bonchev–Trinajstić information content (AvgIpc) is 2.36. The number of rotatable bonds is 3. The molecule has 0 aliphatic heterocycles. The summed E-state index contributed by atoms with van der Waals surface area (Å²) in [4.78, 5) is 22.6. The third kappa shape index (κ3) is 3.59. The van der Waals surface area contributed by atoms with Crippen molar-refractivity contribution in [3.05, 3.63) is 29.8 Å². The maximum absolute atomic E-state index is 11.4. The van der Waals surface area contributed by atoms with Crippen LogP contribution >= 0.6 is 0 Å². The summed E-state index contributed by atoms with van der Waals surface area (Å²) in [5.74, 6) is -1.73. The lowest BCUT2D eigenvalue weighted by molar-refractivity contribution is -0.136. The highest BCUT2D eigenvalue weighted by atomic mass is 16.3. The van der Waals surface area contributed by atoms with Gasteiger partial charge in [-0.1, -0.05) is 12.1 Å². The van der Waals surface area contributed by atoms with E-state index in [0.29, 0.717) is 0 Å². The molecule has 0 atom stereocenters. The van der Waals surface area contributed by atoms with Gasteiger partial charge in [-0.2, -0.15) is 5.26 Å². The monoisotopic (exact) mass is 233 g/mol. The van der Waals surface area contributed by atoms with Crippen molar-refractivity contribution in [2.24, 2.45) is 0 Å². The molecule has 0 saturated carbocycles. The van der Waals surface area contributed by atoms with Crippen LogP contribution in [0.2, 0.25) is 0 Å². The van der Waals surface area contributed by atoms with Gasteiger partial charge >= 0.3 is 11.8 Å². The zero-order valence-electron chi connectivity index (χ0n) is 8.93. The summed E-state index contributed by atoms with van der Waals surface area (Å²) in [6, 6.07) is 8.24. The van der Waals surface area contributed by atoms with Crippen LogP contribution in [0.3, 0.4) is 0 Å². The van der Waals surface area contributed by atoms with Crippen molar-refractivity contribution < 1.29 is 14.7 Å². The Morgan fingerprint density at radius 3 is 2.65 bits per heavy atom. The Balaban J connectivity index is 2.68. The van der Waals surface area contributed by atoms with E-state index in [1.54, 1.807) is 12.1 Å². The van der Waals surface area contributed by atoms with Gasteiger partial charge in [0.15, 0.2) is 0 Å². The van der Waals surface area contributed by atoms with Gasteiger partial charge in [0.05, 0.1) is 17.9 Å². The molecule has 0 spiro atoms. The van der Waals surface area contributed by atoms with Crippen LogP contribution in [-0.4, -0.2) is 30.1 Å². The number of nitriles is 1. The van der Waals surface area contributed by atoms with Crippen LogP contribution in [-0.2, 0) is 9.59 Å². The SMILES string of the molecule is N#Cc1ccccc1NC(=O)C(=O)NCCO. The number of carbonyl (C=O) groups excluding carboxylic acids is 2.